The molecule has 0 aliphatic carbocycles. The summed E-state index contributed by atoms with van der Waals surface area (Å²) in [5, 5.41) is 35.2. The topological polar surface area (TPSA) is 251 Å². The number of nitrogens with zero attached hydrogens (tertiary/aromatic N) is 2. The van der Waals surface area contributed by atoms with Crippen molar-refractivity contribution in [1.29, 1.82) is 0 Å². The summed E-state index contributed by atoms with van der Waals surface area (Å²) in [6, 6.07) is 14.8. The molecular formula is C32H37F2N4O15P2S2+. The maximum absolute atomic E-state index is 13.1. The van der Waals surface area contributed by atoms with Gasteiger partial charge in [0.1, 0.15) is 34.1 Å². The molecule has 0 amide bonds. The van der Waals surface area contributed by atoms with Crippen molar-refractivity contribution < 1.29 is 70.7 Å². The lowest BCUT2D eigenvalue weighted by Gasteiger charge is -2.22. The molecule has 310 valence electrons. The maximum atomic E-state index is 13.1. The number of fused-ring (bicyclic) bond motifs is 2. The SMILES string of the molecule is O=c1[nH]c(=S)c(F)cn1C1CC[C@@H](O)O1.O=c1[nH]c(=S)c(F)cn1C1CC[C@@H](O)O1.OCOP1OCc2ccccc2O1.OCO[P+]1(O)OCc2ccccc2O1. The van der Waals surface area contributed by atoms with E-state index in [2.05, 4.69) is 38.9 Å². The van der Waals surface area contributed by atoms with Crippen LogP contribution in [-0.2, 0) is 40.8 Å². The number of benzene rings is 2. The Morgan fingerprint density at radius 3 is 1.79 bits per heavy atom. The fourth-order valence-electron chi connectivity index (χ4n) is 5.17. The van der Waals surface area contributed by atoms with Crippen LogP contribution in [0.15, 0.2) is 70.5 Å². The van der Waals surface area contributed by atoms with Gasteiger partial charge < -0.3 is 34.4 Å². The van der Waals surface area contributed by atoms with E-state index in [1.165, 1.54) is 0 Å². The number of hydrogen-bond acceptors (Lipinski definition) is 17. The molecule has 4 unspecified atom stereocenters. The van der Waals surface area contributed by atoms with Gasteiger partial charge in [-0.2, -0.15) is 4.89 Å². The van der Waals surface area contributed by atoms with Crippen LogP contribution >= 0.6 is 41.2 Å². The summed E-state index contributed by atoms with van der Waals surface area (Å²) in [4.78, 5) is 36.8. The second kappa shape index (κ2) is 21.0. The normalized spacial score (nSPS) is 24.4. The van der Waals surface area contributed by atoms with E-state index in [1.807, 2.05) is 36.4 Å². The average Bonchev–Trinajstić information content (AvgIpc) is 3.83. The zero-order valence-electron chi connectivity index (χ0n) is 29.4. The van der Waals surface area contributed by atoms with Crippen LogP contribution in [0.4, 0.5) is 8.78 Å². The van der Waals surface area contributed by atoms with E-state index in [-0.39, 0.29) is 22.7 Å². The first-order chi connectivity index (χ1) is 27.3. The highest BCUT2D eigenvalue weighted by atomic mass is 32.1. The van der Waals surface area contributed by atoms with E-state index in [4.69, 9.17) is 52.5 Å². The zero-order valence-corrected chi connectivity index (χ0v) is 32.8. The maximum Gasteiger partial charge on any atom is 0.621 e. The molecule has 0 radical (unpaired) electrons. The summed E-state index contributed by atoms with van der Waals surface area (Å²) in [6.07, 6.45) is 0.705. The van der Waals surface area contributed by atoms with Crippen LogP contribution in [0.3, 0.4) is 0 Å². The van der Waals surface area contributed by atoms with E-state index >= 15 is 0 Å². The van der Waals surface area contributed by atoms with Crippen molar-refractivity contribution in [2.24, 2.45) is 0 Å². The Bertz CT molecular complexity index is 2110. The van der Waals surface area contributed by atoms with Crippen LogP contribution in [-0.4, -0.2) is 70.6 Å². The van der Waals surface area contributed by atoms with E-state index < -0.39 is 71.6 Å². The van der Waals surface area contributed by atoms with E-state index in [0.717, 1.165) is 38.4 Å². The molecule has 57 heavy (non-hydrogen) atoms. The Kier molecular flexibility index (Phi) is 16.4. The third-order valence-corrected chi connectivity index (χ3v) is 10.8. The molecule has 25 heteroatoms. The molecule has 7 N–H and O–H groups in total. The first-order valence-electron chi connectivity index (χ1n) is 16.7. The molecule has 4 aromatic rings. The van der Waals surface area contributed by atoms with Crippen LogP contribution in [0, 0.1) is 20.9 Å². The number of ether oxygens (including phenoxy) is 2. The molecule has 4 aliphatic rings. The second-order valence-electron chi connectivity index (χ2n) is 11.7. The van der Waals surface area contributed by atoms with Gasteiger partial charge in [0.25, 0.3) is 0 Å². The summed E-state index contributed by atoms with van der Waals surface area (Å²) in [5.41, 5.74) is 0.766. The highest BCUT2D eigenvalue weighted by Gasteiger charge is 2.50. The molecule has 4 aliphatic heterocycles. The predicted octanol–water partition coefficient (Wildman–Crippen LogP) is 4.37. The Morgan fingerprint density at radius 2 is 1.30 bits per heavy atom. The van der Waals surface area contributed by atoms with Crippen LogP contribution in [0.25, 0.3) is 0 Å². The van der Waals surface area contributed by atoms with Crippen molar-refractivity contribution in [3.8, 4) is 11.5 Å². The second-order valence-corrected chi connectivity index (χ2v) is 15.3. The molecule has 6 heterocycles. The van der Waals surface area contributed by atoms with Crippen LogP contribution in [0.2, 0.25) is 0 Å². The predicted molar refractivity (Wildman–Crippen MR) is 199 cm³/mol. The Hall–Kier alpha value is -3.48. The number of aliphatic hydroxyl groups is 4. The van der Waals surface area contributed by atoms with Crippen molar-refractivity contribution in [2.75, 3.05) is 13.6 Å². The van der Waals surface area contributed by atoms with Gasteiger partial charge in [-0.3, -0.25) is 32.7 Å². The molecule has 0 bridgehead atoms. The van der Waals surface area contributed by atoms with Gasteiger partial charge in [0.2, 0.25) is 0 Å². The highest BCUT2D eigenvalue weighted by Crippen LogP contribution is 2.61. The van der Waals surface area contributed by atoms with Crippen molar-refractivity contribution in [3.63, 3.8) is 0 Å². The van der Waals surface area contributed by atoms with Crippen molar-refractivity contribution in [1.82, 2.24) is 19.1 Å². The molecule has 8 rings (SSSR count). The summed E-state index contributed by atoms with van der Waals surface area (Å²) >= 11 is 9.13. The standard InChI is InChI=1S/2C8H9FN2O3S.C8H10O5P.C8H9O4P/c2*9-4-3-11(8(13)10-7(4)15)5-1-2-6(12)14-5;9-6-12-14(10)11-5-7-3-1-2-4-8(7)13-14;9-6-11-13-10-5-7-3-1-2-4-8(7)12-13/h2*3,5-6,12H,1-2H2,(H,10,13,15);1-4,9-10H,5-6H2;1-4,9H,5-6H2/q;;+1;/t2*5?,6-;;/m00../s1. The van der Waals surface area contributed by atoms with E-state index in [0.29, 0.717) is 38.0 Å². The minimum atomic E-state index is -3.35. The van der Waals surface area contributed by atoms with Gasteiger partial charge in [0.15, 0.2) is 43.5 Å². The molecule has 19 nitrogen and oxygen atoms in total. The van der Waals surface area contributed by atoms with Gasteiger partial charge in [-0.05, 0) is 25.0 Å². The van der Waals surface area contributed by atoms with Crippen molar-refractivity contribution in [3.05, 3.63) is 114 Å². The lowest BCUT2D eigenvalue weighted by Crippen LogP contribution is -2.27. The number of nitrogens with one attached hydrogen (secondary N) is 2. The number of halogens is 2. The van der Waals surface area contributed by atoms with Gasteiger partial charge in [0, 0.05) is 24.0 Å². The smallest absolute Gasteiger partial charge is 0.426 e. The number of H-pyrrole nitrogens is 2. The summed E-state index contributed by atoms with van der Waals surface area (Å²) in [6.45, 7) is -0.317. The number of aliphatic hydroxyl groups excluding tert-OH is 4. The fourth-order valence-corrected chi connectivity index (χ4v) is 7.36. The number of rotatable bonds is 6. The van der Waals surface area contributed by atoms with Crippen LogP contribution in [0.5, 0.6) is 11.5 Å². The van der Waals surface area contributed by atoms with Crippen LogP contribution in [0.1, 0.15) is 49.3 Å². The molecule has 2 aromatic carbocycles. The van der Waals surface area contributed by atoms with Crippen LogP contribution < -0.4 is 20.4 Å². The summed E-state index contributed by atoms with van der Waals surface area (Å²) < 4.78 is 68.0. The van der Waals surface area contributed by atoms with E-state index in [9.17, 15) is 23.3 Å². The van der Waals surface area contributed by atoms with Gasteiger partial charge in [-0.15, -0.1) is 9.05 Å². The molecule has 6 atom stereocenters. The molecule has 2 fully saturated rings. The number of para-hydroxylation sites is 2. The van der Waals surface area contributed by atoms with Crippen molar-refractivity contribution in [2.45, 2.75) is 63.9 Å². The molecule has 2 aromatic heterocycles. The summed E-state index contributed by atoms with van der Waals surface area (Å²) in [5.74, 6) is -0.0690. The lowest BCUT2D eigenvalue weighted by atomic mass is 10.2. The van der Waals surface area contributed by atoms with Gasteiger partial charge in [-0.1, -0.05) is 60.8 Å². The van der Waals surface area contributed by atoms with Gasteiger partial charge in [0.05, 0.1) is 19.0 Å². The molecular weight excluding hydrogens is 844 g/mol. The third kappa shape index (κ3) is 12.5. The monoisotopic (exact) mass is 881 g/mol. The fraction of sp³-hybridized carbons (Fsp3) is 0.375. The minimum absolute atomic E-state index is 0.223. The van der Waals surface area contributed by atoms with E-state index in [1.54, 1.807) is 12.1 Å². The molecule has 2 saturated heterocycles. The summed E-state index contributed by atoms with van der Waals surface area (Å²) in [7, 11) is -4.75. The Labute approximate surface area is 333 Å². The lowest BCUT2D eigenvalue weighted by molar-refractivity contribution is -0.114. The number of aromatic nitrogens is 4. The first-order valence-corrected chi connectivity index (χ1v) is 20.1. The zero-order chi connectivity index (χ0) is 41.1. The largest absolute Gasteiger partial charge is 0.621 e. The Morgan fingerprint density at radius 1 is 0.789 bits per heavy atom. The van der Waals surface area contributed by atoms with Gasteiger partial charge >= 0.3 is 28.2 Å². The molecule has 0 spiro atoms. The average molecular weight is 882 g/mol. The quantitative estimate of drug-likeness (QED) is 0.0807. The third-order valence-electron chi connectivity index (χ3n) is 7.84. The number of hydrogen-bond donors (Lipinski definition) is 7. The van der Waals surface area contributed by atoms with Crippen molar-refractivity contribution >= 4 is 41.2 Å². The highest BCUT2D eigenvalue weighted by molar-refractivity contribution is 7.71. The number of aromatic amines is 2. The van der Waals surface area contributed by atoms with Gasteiger partial charge in [-0.25, -0.2) is 18.4 Å². The first kappa shape index (κ1) is 44.6. The molecule has 0 saturated carbocycles. The minimum Gasteiger partial charge on any atom is -0.426 e. The Balaban J connectivity index is 0.000000145.